The highest BCUT2D eigenvalue weighted by molar-refractivity contribution is 5.98. The Bertz CT molecular complexity index is 2380. The summed E-state index contributed by atoms with van der Waals surface area (Å²) in [6, 6.07) is 30.8. The number of aromatic hydroxyl groups is 1. The third kappa shape index (κ3) is 11.3. The van der Waals surface area contributed by atoms with Crippen molar-refractivity contribution in [3.05, 3.63) is 141 Å². The first-order valence-electron chi connectivity index (χ1n) is 21.5. The number of esters is 2. The normalized spacial score (nSPS) is 18.1. The number of aliphatic hydroxyl groups excluding tert-OH is 1. The molecule has 4 aromatic carbocycles. The van der Waals surface area contributed by atoms with Crippen molar-refractivity contribution >= 4 is 28.7 Å². The second-order valence-corrected chi connectivity index (χ2v) is 16.8. The third-order valence-electron chi connectivity index (χ3n) is 11.9. The van der Waals surface area contributed by atoms with E-state index in [1.54, 1.807) is 38.1 Å². The Labute approximate surface area is 361 Å². The van der Waals surface area contributed by atoms with Crippen molar-refractivity contribution in [2.24, 2.45) is 5.92 Å². The van der Waals surface area contributed by atoms with Gasteiger partial charge >= 0.3 is 11.9 Å². The van der Waals surface area contributed by atoms with Gasteiger partial charge in [-0.05, 0) is 124 Å². The average Bonchev–Trinajstić information content (AvgIpc) is 3.28. The van der Waals surface area contributed by atoms with Crippen molar-refractivity contribution in [1.82, 2.24) is 20.5 Å². The van der Waals surface area contributed by atoms with E-state index in [1.165, 1.54) is 12.1 Å². The number of piperidine rings is 3. The predicted octanol–water partition coefficient (Wildman–Crippen LogP) is 6.13. The van der Waals surface area contributed by atoms with Gasteiger partial charge in [-0.25, -0.2) is 4.79 Å². The fourth-order valence-electron chi connectivity index (χ4n) is 8.28. The zero-order chi connectivity index (χ0) is 43.6. The standard InChI is InChI=1S/C49H56N4O9/c1-49(2,48(59)60-26-7-6-23-50-29-42(55)38-17-19-41(54)46-39(38)18-20-44(56)51-46)52-47(58)35-15-13-32(14-16-35)31-61-37-12-8-11-36(27-37)40(33-9-4-3-5-10-33)28-45(57)62-43-30-53-24-21-34(43)22-25-53/h3-5,8-20,27,34,40,42-43,50,54-55H,6-7,21-26,28-31H2,1-2H3,(H,51,56)(H,52,58)/t40-,42-,43-/m0/s1. The third-order valence-corrected chi connectivity index (χ3v) is 11.9. The Balaban J connectivity index is 0.838. The molecule has 0 aliphatic carbocycles. The lowest BCUT2D eigenvalue weighted by Crippen LogP contribution is -2.52. The molecule has 3 fully saturated rings. The molecule has 326 valence electrons. The van der Waals surface area contributed by atoms with Crippen molar-refractivity contribution in [3.63, 3.8) is 0 Å². The molecule has 0 unspecified atom stereocenters. The number of unbranched alkanes of at least 4 members (excludes halogenated alkanes) is 1. The van der Waals surface area contributed by atoms with Gasteiger partial charge in [-0.2, -0.15) is 0 Å². The summed E-state index contributed by atoms with van der Waals surface area (Å²) in [7, 11) is 0. The first-order chi connectivity index (χ1) is 29.9. The van der Waals surface area contributed by atoms with Crippen LogP contribution in [0.15, 0.2) is 108 Å². The van der Waals surface area contributed by atoms with E-state index in [-0.39, 0.29) is 61.0 Å². The topological polar surface area (TPSA) is 180 Å². The van der Waals surface area contributed by atoms with Crippen LogP contribution in [0.5, 0.6) is 11.5 Å². The lowest BCUT2D eigenvalue weighted by Gasteiger charge is -2.44. The largest absolute Gasteiger partial charge is 0.506 e. The monoisotopic (exact) mass is 844 g/mol. The van der Waals surface area contributed by atoms with E-state index in [1.807, 2.05) is 66.7 Å². The number of H-pyrrole nitrogens is 1. The van der Waals surface area contributed by atoms with Crippen molar-refractivity contribution in [1.29, 1.82) is 0 Å². The Morgan fingerprint density at radius 3 is 2.40 bits per heavy atom. The van der Waals surface area contributed by atoms with Crippen molar-refractivity contribution in [3.8, 4) is 11.5 Å². The number of rotatable bonds is 19. The van der Waals surface area contributed by atoms with Gasteiger partial charge in [0.05, 0.1) is 24.6 Å². The zero-order valence-electron chi connectivity index (χ0n) is 35.3. The smallest absolute Gasteiger partial charge is 0.331 e. The van der Waals surface area contributed by atoms with Crippen molar-refractivity contribution < 1.29 is 38.8 Å². The second-order valence-electron chi connectivity index (χ2n) is 16.8. The van der Waals surface area contributed by atoms with Crippen LogP contribution in [0.4, 0.5) is 0 Å². The van der Waals surface area contributed by atoms with Crippen LogP contribution >= 0.6 is 0 Å². The summed E-state index contributed by atoms with van der Waals surface area (Å²) in [4.78, 5) is 56.1. The van der Waals surface area contributed by atoms with Crippen molar-refractivity contribution in [2.75, 3.05) is 39.3 Å². The van der Waals surface area contributed by atoms with E-state index in [0.717, 1.165) is 49.2 Å². The van der Waals surface area contributed by atoms with Gasteiger partial charge in [0.2, 0.25) is 5.56 Å². The highest BCUT2D eigenvalue weighted by Crippen LogP contribution is 2.34. The van der Waals surface area contributed by atoms with Crippen LogP contribution < -0.4 is 20.9 Å². The summed E-state index contributed by atoms with van der Waals surface area (Å²) >= 11 is 0. The molecule has 1 amide bonds. The van der Waals surface area contributed by atoms with E-state index in [4.69, 9.17) is 14.2 Å². The zero-order valence-corrected chi connectivity index (χ0v) is 35.3. The van der Waals surface area contributed by atoms with E-state index in [2.05, 4.69) is 20.5 Å². The number of nitrogens with zero attached hydrogens (tertiary/aromatic N) is 1. The van der Waals surface area contributed by atoms with Gasteiger partial charge < -0.3 is 40.0 Å². The van der Waals surface area contributed by atoms with Crippen LogP contribution in [-0.4, -0.2) is 88.9 Å². The minimum atomic E-state index is -1.27. The van der Waals surface area contributed by atoms with Crippen molar-refractivity contribution in [2.45, 2.75) is 76.2 Å². The lowest BCUT2D eigenvalue weighted by atomic mass is 9.85. The Morgan fingerprint density at radius 2 is 1.66 bits per heavy atom. The van der Waals surface area contributed by atoms with Gasteiger partial charge in [0.25, 0.3) is 5.91 Å². The molecule has 13 heteroatoms. The van der Waals surface area contributed by atoms with Crippen LogP contribution in [0.3, 0.4) is 0 Å². The molecule has 0 spiro atoms. The Morgan fingerprint density at radius 1 is 0.903 bits per heavy atom. The number of pyridine rings is 1. The fraction of sp³-hybridized carbons (Fsp3) is 0.388. The summed E-state index contributed by atoms with van der Waals surface area (Å²) in [5.41, 5.74) is 2.45. The Kier molecular flexibility index (Phi) is 14.4. The lowest BCUT2D eigenvalue weighted by molar-refractivity contribution is -0.159. The molecule has 62 heavy (non-hydrogen) atoms. The number of nitrogens with one attached hydrogen (secondary N) is 3. The number of ether oxygens (including phenoxy) is 3. The number of carbonyl (C=O) groups is 3. The van der Waals surface area contributed by atoms with E-state index < -0.39 is 23.5 Å². The molecule has 0 radical (unpaired) electrons. The van der Waals surface area contributed by atoms with Crippen LogP contribution in [-0.2, 0) is 25.7 Å². The molecule has 3 saturated heterocycles. The number of phenolic OH excluding ortho intramolecular Hbond substituents is 1. The fourth-order valence-corrected chi connectivity index (χ4v) is 8.28. The minimum Gasteiger partial charge on any atom is -0.506 e. The summed E-state index contributed by atoms with van der Waals surface area (Å²) in [5.74, 6) is -0.321. The second kappa shape index (κ2) is 20.2. The Hall–Kier alpha value is -6.02. The number of aliphatic hydroxyl groups is 1. The molecule has 3 aliphatic heterocycles. The maximum absolute atomic E-state index is 13.4. The first kappa shape index (κ1) is 44.0. The summed E-state index contributed by atoms with van der Waals surface area (Å²) in [5, 5.41) is 27.4. The molecule has 3 atom stereocenters. The molecular weight excluding hydrogens is 789 g/mol. The molecule has 8 rings (SSSR count). The van der Waals surface area contributed by atoms with Crippen LogP contribution in [0.1, 0.15) is 90.6 Å². The quantitative estimate of drug-likeness (QED) is 0.0477. The highest BCUT2D eigenvalue weighted by Gasteiger charge is 2.37. The van der Waals surface area contributed by atoms with E-state index >= 15 is 0 Å². The average molecular weight is 845 g/mol. The van der Waals surface area contributed by atoms with Gasteiger partial charge in [0.1, 0.15) is 29.7 Å². The number of amides is 1. The SMILES string of the molecule is CC(C)(NC(=O)c1ccc(COc2cccc([C@@H](CC(=O)O[C@H]3CN4CCC3CC4)c3ccccc3)c2)cc1)C(=O)OCCCCNC[C@H](O)c1ccc(O)c2[nH]c(=O)ccc12. The molecule has 5 aromatic rings. The molecule has 2 bridgehead atoms. The van der Waals surface area contributed by atoms with Gasteiger partial charge in [0, 0.05) is 36.0 Å². The summed E-state index contributed by atoms with van der Waals surface area (Å²) < 4.78 is 17.8. The van der Waals surface area contributed by atoms with E-state index in [9.17, 15) is 29.4 Å². The van der Waals surface area contributed by atoms with Gasteiger partial charge in [-0.15, -0.1) is 0 Å². The molecule has 0 saturated carbocycles. The van der Waals surface area contributed by atoms with Gasteiger partial charge in [-0.3, -0.25) is 19.3 Å². The van der Waals surface area contributed by atoms with Crippen LogP contribution in [0.25, 0.3) is 10.9 Å². The molecular formula is C49H56N4O9. The summed E-state index contributed by atoms with van der Waals surface area (Å²) in [6.45, 7) is 7.41. The van der Waals surface area contributed by atoms with Gasteiger partial charge in [-0.1, -0.05) is 60.7 Å². The number of aromatic amines is 1. The number of hydrogen-bond acceptors (Lipinski definition) is 11. The highest BCUT2D eigenvalue weighted by atomic mass is 16.5. The predicted molar refractivity (Wildman–Crippen MR) is 235 cm³/mol. The number of benzene rings is 4. The molecule has 3 aliphatic rings. The maximum Gasteiger partial charge on any atom is 0.331 e. The number of phenols is 1. The maximum atomic E-state index is 13.4. The summed E-state index contributed by atoms with van der Waals surface area (Å²) in [6.07, 6.45) is 2.72. The minimum absolute atomic E-state index is 0.0412. The number of aromatic nitrogens is 1. The molecule has 4 heterocycles. The molecule has 13 nitrogen and oxygen atoms in total. The van der Waals surface area contributed by atoms with E-state index in [0.29, 0.717) is 47.6 Å². The van der Waals surface area contributed by atoms with Crippen LogP contribution in [0, 0.1) is 5.92 Å². The number of carbonyl (C=O) groups excluding carboxylic acids is 3. The molecule has 5 N–H and O–H groups in total. The van der Waals surface area contributed by atoms with Crippen LogP contribution in [0.2, 0.25) is 0 Å². The number of fused-ring (bicyclic) bond motifs is 4. The molecule has 1 aromatic heterocycles. The number of hydrogen-bond donors (Lipinski definition) is 5. The first-order valence-corrected chi connectivity index (χ1v) is 21.5. The van der Waals surface area contributed by atoms with Gasteiger partial charge in [0.15, 0.2) is 0 Å².